The summed E-state index contributed by atoms with van der Waals surface area (Å²) in [5.74, 6) is 0. The number of hydrogen-bond donors (Lipinski definition) is 0. The van der Waals surface area contributed by atoms with Crippen LogP contribution in [0.4, 0.5) is 22.7 Å². The number of fused-ring (bicyclic) bond motifs is 2. The van der Waals surface area contributed by atoms with E-state index >= 15 is 0 Å². The van der Waals surface area contributed by atoms with Gasteiger partial charge in [0.15, 0.2) is 0 Å². The van der Waals surface area contributed by atoms with Gasteiger partial charge in [0.05, 0.1) is 6.04 Å². The molecule has 2 nitrogen and oxygen atoms in total. The Morgan fingerprint density at radius 3 is 1.39 bits per heavy atom. The molecule has 7 aromatic rings. The second-order valence-electron chi connectivity index (χ2n) is 13.6. The van der Waals surface area contributed by atoms with Crippen molar-refractivity contribution in [2.75, 3.05) is 9.80 Å². The Morgan fingerprint density at radius 1 is 0.444 bits per heavy atom. The van der Waals surface area contributed by atoms with Crippen LogP contribution in [-0.2, 0) is 0 Å². The summed E-state index contributed by atoms with van der Waals surface area (Å²) in [5, 5.41) is 5.05. The van der Waals surface area contributed by atoms with Crippen LogP contribution in [0.1, 0.15) is 33.1 Å². The maximum absolute atomic E-state index is 2.45. The molecule has 7 aromatic carbocycles. The van der Waals surface area contributed by atoms with Crippen molar-refractivity contribution in [2.45, 2.75) is 39.2 Å². The summed E-state index contributed by atoms with van der Waals surface area (Å²) in [6.07, 6.45) is 18.6. The Bertz CT molecular complexity index is 2410. The van der Waals surface area contributed by atoms with Gasteiger partial charge < -0.3 is 9.80 Å². The minimum atomic E-state index is 0.265. The number of nitrogens with zero attached hydrogens (tertiary/aromatic N) is 2. The fourth-order valence-electron chi connectivity index (χ4n) is 8.03. The zero-order valence-electron chi connectivity index (χ0n) is 31.1. The molecule has 9 rings (SSSR count). The maximum atomic E-state index is 2.45. The van der Waals surface area contributed by atoms with E-state index in [2.05, 4.69) is 210 Å². The summed E-state index contributed by atoms with van der Waals surface area (Å²) in [5.41, 5.74) is 11.0. The average molecular weight is 699 g/mol. The van der Waals surface area contributed by atoms with Crippen molar-refractivity contribution >= 4 is 44.3 Å². The molecule has 0 aromatic heterocycles. The van der Waals surface area contributed by atoms with E-state index < -0.39 is 0 Å². The highest BCUT2D eigenvalue weighted by Crippen LogP contribution is 2.45. The van der Waals surface area contributed by atoms with Crippen LogP contribution in [0, 0.1) is 0 Å². The van der Waals surface area contributed by atoms with E-state index in [1.165, 1.54) is 72.2 Å². The molecular weight excluding hydrogens is 653 g/mol. The zero-order valence-corrected chi connectivity index (χ0v) is 31.1. The molecule has 0 bridgehead atoms. The normalized spacial score (nSPS) is 14.7. The third-order valence-electron chi connectivity index (χ3n) is 10.4. The molecule has 0 radical (unpaired) electrons. The second kappa shape index (κ2) is 16.1. The van der Waals surface area contributed by atoms with Crippen LogP contribution in [0.15, 0.2) is 206 Å². The minimum Gasteiger partial charge on any atom is -0.334 e. The van der Waals surface area contributed by atoms with Crippen LogP contribution in [0.5, 0.6) is 0 Å². The Morgan fingerprint density at radius 2 is 0.907 bits per heavy atom. The first kappa shape index (κ1) is 34.7. The summed E-state index contributed by atoms with van der Waals surface area (Å²) in [6.45, 7) is 4.00. The number of para-hydroxylation sites is 2. The number of allylic oxidation sites excluding steroid dienone is 6. The molecule has 2 aliphatic carbocycles. The van der Waals surface area contributed by atoms with Gasteiger partial charge in [0.1, 0.15) is 0 Å². The summed E-state index contributed by atoms with van der Waals surface area (Å²) >= 11 is 0. The molecule has 2 aliphatic rings. The number of hydrogen-bond acceptors (Lipinski definition) is 2. The molecule has 0 heterocycles. The van der Waals surface area contributed by atoms with Crippen molar-refractivity contribution < 1.29 is 0 Å². The van der Waals surface area contributed by atoms with Gasteiger partial charge in [0.2, 0.25) is 0 Å². The number of anilines is 4. The lowest BCUT2D eigenvalue weighted by Gasteiger charge is -2.32. The fourth-order valence-corrected chi connectivity index (χ4v) is 8.03. The molecular formula is C52H46N2. The van der Waals surface area contributed by atoms with E-state index in [4.69, 9.17) is 0 Å². The predicted octanol–water partition coefficient (Wildman–Crippen LogP) is 14.7. The minimum absolute atomic E-state index is 0.265. The highest BCUT2D eigenvalue weighted by atomic mass is 15.2. The fraction of sp³-hybridized carbons (Fsp3) is 0.115. The Labute approximate surface area is 320 Å². The summed E-state index contributed by atoms with van der Waals surface area (Å²) in [6, 6.07) is 58.0. The van der Waals surface area contributed by atoms with E-state index in [9.17, 15) is 0 Å². The van der Waals surface area contributed by atoms with Crippen molar-refractivity contribution in [1.29, 1.82) is 0 Å². The van der Waals surface area contributed by atoms with Crippen molar-refractivity contribution in [3.63, 3.8) is 0 Å². The van der Waals surface area contributed by atoms with Crippen LogP contribution in [0.3, 0.4) is 0 Å². The lowest BCUT2D eigenvalue weighted by Crippen LogP contribution is -2.29. The Hall–Kier alpha value is -6.38. The van der Waals surface area contributed by atoms with E-state index in [1.54, 1.807) is 0 Å². The van der Waals surface area contributed by atoms with Crippen LogP contribution >= 0.6 is 0 Å². The smallest absolute Gasteiger partial charge is 0.0559 e. The van der Waals surface area contributed by atoms with E-state index in [1.807, 2.05) is 13.8 Å². The topological polar surface area (TPSA) is 6.48 Å². The molecule has 0 N–H and O–H groups in total. The van der Waals surface area contributed by atoms with Crippen molar-refractivity contribution in [2.24, 2.45) is 0 Å². The summed E-state index contributed by atoms with van der Waals surface area (Å²) in [7, 11) is 0. The molecule has 0 aliphatic heterocycles. The van der Waals surface area contributed by atoms with E-state index in [0.717, 1.165) is 19.3 Å². The van der Waals surface area contributed by atoms with Crippen molar-refractivity contribution in [3.8, 4) is 22.3 Å². The van der Waals surface area contributed by atoms with Crippen LogP contribution in [0.25, 0.3) is 43.8 Å². The quantitative estimate of drug-likeness (QED) is 0.146. The molecule has 264 valence electrons. The SMILES string of the molecule is C1=CCCC(N(c2ccccc2)c2ccc(-c3c4ccccc4c(-c4ccc(N(c5ccccc5)C5C=CC=CC5)cc4)c4ccccc34)cc2)=C1.CC. The van der Waals surface area contributed by atoms with E-state index in [0.29, 0.717) is 0 Å². The molecule has 0 saturated carbocycles. The van der Waals surface area contributed by atoms with Gasteiger partial charge in [-0.25, -0.2) is 0 Å². The molecule has 0 saturated heterocycles. The van der Waals surface area contributed by atoms with Gasteiger partial charge in [-0.05, 0) is 118 Å². The summed E-state index contributed by atoms with van der Waals surface area (Å²) in [4.78, 5) is 4.85. The highest BCUT2D eigenvalue weighted by Gasteiger charge is 2.21. The highest BCUT2D eigenvalue weighted by molar-refractivity contribution is 6.21. The lowest BCUT2D eigenvalue weighted by molar-refractivity contribution is 0.785. The molecule has 0 amide bonds. The first-order valence-corrected chi connectivity index (χ1v) is 19.4. The van der Waals surface area contributed by atoms with Crippen molar-refractivity contribution in [1.82, 2.24) is 0 Å². The second-order valence-corrected chi connectivity index (χ2v) is 13.6. The van der Waals surface area contributed by atoms with Crippen LogP contribution in [-0.4, -0.2) is 6.04 Å². The third-order valence-corrected chi connectivity index (χ3v) is 10.4. The molecule has 54 heavy (non-hydrogen) atoms. The van der Waals surface area contributed by atoms with Gasteiger partial charge in [0.25, 0.3) is 0 Å². The average Bonchev–Trinajstić information content (AvgIpc) is 3.26. The van der Waals surface area contributed by atoms with Gasteiger partial charge >= 0.3 is 0 Å². The monoisotopic (exact) mass is 698 g/mol. The Balaban J connectivity index is 0.00000203. The van der Waals surface area contributed by atoms with Gasteiger partial charge in [-0.15, -0.1) is 0 Å². The maximum Gasteiger partial charge on any atom is 0.0559 e. The number of benzene rings is 7. The zero-order chi connectivity index (χ0) is 36.7. The van der Waals surface area contributed by atoms with Gasteiger partial charge in [-0.3, -0.25) is 0 Å². The first-order chi connectivity index (χ1) is 26.8. The van der Waals surface area contributed by atoms with Crippen molar-refractivity contribution in [3.05, 3.63) is 206 Å². The third kappa shape index (κ3) is 6.79. The largest absolute Gasteiger partial charge is 0.334 e. The summed E-state index contributed by atoms with van der Waals surface area (Å²) < 4.78 is 0. The van der Waals surface area contributed by atoms with E-state index in [-0.39, 0.29) is 6.04 Å². The van der Waals surface area contributed by atoms with Gasteiger partial charge in [-0.1, -0.05) is 159 Å². The predicted molar refractivity (Wildman–Crippen MR) is 234 cm³/mol. The number of rotatable bonds is 8. The Kier molecular flexibility index (Phi) is 10.3. The van der Waals surface area contributed by atoms with Crippen LogP contribution < -0.4 is 9.80 Å². The van der Waals surface area contributed by atoms with Gasteiger partial charge in [0, 0.05) is 28.4 Å². The molecule has 2 heteroatoms. The van der Waals surface area contributed by atoms with Crippen LogP contribution in [0.2, 0.25) is 0 Å². The molecule has 1 unspecified atom stereocenters. The lowest BCUT2D eigenvalue weighted by atomic mass is 9.86. The molecule has 1 atom stereocenters. The first-order valence-electron chi connectivity index (χ1n) is 19.4. The molecule has 0 fully saturated rings. The molecule has 0 spiro atoms. The van der Waals surface area contributed by atoms with Gasteiger partial charge in [-0.2, -0.15) is 0 Å². The standard InChI is InChI=1S/C50H40N2.C2H6/c1-5-17-39(18-6-1)51(40-19-7-2-8-20-40)43-33-29-37(30-34-43)49-45-25-13-15-27-47(45)50(48-28-16-14-26-46(48)49)38-31-35-44(36-32-38)52(41-21-9-3-10-22-41)42-23-11-4-12-24-42;1-2/h1-11,13-19,21-23,25-36,40H,12,20,24H2;1-2H3.